The molecule has 1 aromatic carbocycles. The van der Waals surface area contributed by atoms with Crippen LogP contribution >= 0.6 is 0 Å². The average molecular weight is 335 g/mol. The highest BCUT2D eigenvalue weighted by Gasteiger charge is 2.27. The third-order valence-electron chi connectivity index (χ3n) is 3.76. The highest BCUT2D eigenvalue weighted by molar-refractivity contribution is 5.87. The van der Waals surface area contributed by atoms with E-state index in [9.17, 15) is 9.59 Å². The molecule has 1 aliphatic rings. The van der Waals surface area contributed by atoms with Crippen molar-refractivity contribution in [3.8, 4) is 5.75 Å². The van der Waals surface area contributed by atoms with Crippen molar-refractivity contribution in [2.24, 2.45) is 5.92 Å². The van der Waals surface area contributed by atoms with E-state index in [0.717, 1.165) is 12.8 Å². The zero-order valence-electron chi connectivity index (χ0n) is 14.4. The Morgan fingerprint density at radius 2 is 1.92 bits per heavy atom. The van der Waals surface area contributed by atoms with Crippen LogP contribution < -0.4 is 4.74 Å². The first-order valence-electron chi connectivity index (χ1n) is 8.19. The van der Waals surface area contributed by atoms with Gasteiger partial charge < -0.3 is 19.5 Å². The van der Waals surface area contributed by atoms with E-state index in [4.69, 9.17) is 14.6 Å². The monoisotopic (exact) mass is 335 g/mol. The lowest BCUT2D eigenvalue weighted by Crippen LogP contribution is -2.44. The molecule has 24 heavy (non-hydrogen) atoms. The number of carboxylic acids is 1. The van der Waals surface area contributed by atoms with E-state index >= 15 is 0 Å². The number of carbonyl (C=O) groups excluding carboxylic acids is 1. The van der Waals surface area contributed by atoms with Gasteiger partial charge in [-0.25, -0.2) is 9.59 Å². The molecule has 0 radical (unpaired) electrons. The van der Waals surface area contributed by atoms with Gasteiger partial charge in [0.1, 0.15) is 11.4 Å². The lowest BCUT2D eigenvalue weighted by molar-refractivity contribution is 0.0139. The molecule has 6 heteroatoms. The predicted octanol–water partition coefficient (Wildman–Crippen LogP) is 3.41. The van der Waals surface area contributed by atoms with Crippen molar-refractivity contribution in [2.45, 2.75) is 39.2 Å². The van der Waals surface area contributed by atoms with Gasteiger partial charge in [-0.15, -0.1) is 0 Å². The van der Waals surface area contributed by atoms with Crippen LogP contribution in [0.3, 0.4) is 0 Å². The largest absolute Gasteiger partial charge is 0.493 e. The second-order valence-electron chi connectivity index (χ2n) is 7.08. The zero-order chi connectivity index (χ0) is 17.7. The molecule has 0 saturated carbocycles. The van der Waals surface area contributed by atoms with Gasteiger partial charge in [0.15, 0.2) is 0 Å². The number of rotatable bonds is 4. The summed E-state index contributed by atoms with van der Waals surface area (Å²) in [7, 11) is 0. The second-order valence-corrected chi connectivity index (χ2v) is 7.08. The first kappa shape index (κ1) is 18.1. The number of amides is 1. The Kier molecular flexibility index (Phi) is 5.70. The molecule has 1 atom stereocenters. The minimum absolute atomic E-state index is 0.233. The Bertz CT molecular complexity index is 576. The van der Waals surface area contributed by atoms with Crippen LogP contribution in [0.2, 0.25) is 0 Å². The molecule has 132 valence electrons. The Balaban J connectivity index is 1.84. The first-order valence-corrected chi connectivity index (χ1v) is 8.19. The van der Waals surface area contributed by atoms with Gasteiger partial charge in [-0.3, -0.25) is 0 Å². The lowest BCUT2D eigenvalue weighted by atomic mass is 9.99. The SMILES string of the molecule is CC(C)(C)OC(=O)N1CCCC(COc2ccc(C(=O)O)cc2)C1. The highest BCUT2D eigenvalue weighted by atomic mass is 16.6. The topological polar surface area (TPSA) is 76.1 Å². The smallest absolute Gasteiger partial charge is 0.410 e. The zero-order valence-corrected chi connectivity index (χ0v) is 14.4. The number of hydrogen-bond donors (Lipinski definition) is 1. The molecule has 6 nitrogen and oxygen atoms in total. The Morgan fingerprint density at radius 3 is 2.50 bits per heavy atom. The fraction of sp³-hybridized carbons (Fsp3) is 0.556. The van der Waals surface area contributed by atoms with Crippen molar-refractivity contribution in [3.05, 3.63) is 29.8 Å². The molecule has 2 rings (SSSR count). The van der Waals surface area contributed by atoms with Crippen LogP contribution in [0.1, 0.15) is 44.0 Å². The normalized spacial score (nSPS) is 18.1. The molecule has 0 aliphatic carbocycles. The maximum atomic E-state index is 12.1. The van der Waals surface area contributed by atoms with Gasteiger partial charge in [0.05, 0.1) is 12.2 Å². The van der Waals surface area contributed by atoms with Crippen LogP contribution in [-0.2, 0) is 4.74 Å². The fourth-order valence-electron chi connectivity index (χ4n) is 2.60. The van der Waals surface area contributed by atoms with Crippen LogP contribution in [0, 0.1) is 5.92 Å². The molecule has 1 heterocycles. The van der Waals surface area contributed by atoms with Crippen molar-refractivity contribution in [1.82, 2.24) is 4.90 Å². The fourth-order valence-corrected chi connectivity index (χ4v) is 2.60. The molecule has 1 aromatic rings. The number of nitrogens with zero attached hydrogens (tertiary/aromatic N) is 1. The van der Waals surface area contributed by atoms with E-state index in [-0.39, 0.29) is 17.6 Å². The minimum Gasteiger partial charge on any atom is -0.493 e. The molecular formula is C18H25NO5. The van der Waals surface area contributed by atoms with Crippen LogP contribution in [0.4, 0.5) is 4.79 Å². The molecule has 1 N–H and O–H groups in total. The molecule has 0 aromatic heterocycles. The lowest BCUT2D eigenvalue weighted by Gasteiger charge is -2.34. The quantitative estimate of drug-likeness (QED) is 0.912. The molecule has 0 spiro atoms. The van der Waals surface area contributed by atoms with E-state index in [1.807, 2.05) is 20.8 Å². The third kappa shape index (κ3) is 5.44. The summed E-state index contributed by atoms with van der Waals surface area (Å²) in [5, 5.41) is 8.88. The Hall–Kier alpha value is -2.24. The van der Waals surface area contributed by atoms with E-state index in [2.05, 4.69) is 0 Å². The summed E-state index contributed by atoms with van der Waals surface area (Å²) in [5.41, 5.74) is -0.261. The summed E-state index contributed by atoms with van der Waals surface area (Å²) >= 11 is 0. The predicted molar refractivity (Wildman–Crippen MR) is 89.4 cm³/mol. The molecule has 0 bridgehead atoms. The van der Waals surface area contributed by atoms with E-state index in [1.54, 1.807) is 17.0 Å². The van der Waals surface area contributed by atoms with Gasteiger partial charge in [-0.05, 0) is 57.9 Å². The Morgan fingerprint density at radius 1 is 1.25 bits per heavy atom. The number of carboxylic acid groups (broad SMARTS) is 1. The van der Waals surface area contributed by atoms with Crippen molar-refractivity contribution >= 4 is 12.1 Å². The summed E-state index contributed by atoms with van der Waals surface area (Å²) in [4.78, 5) is 24.7. The van der Waals surface area contributed by atoms with E-state index < -0.39 is 11.6 Å². The molecule has 1 saturated heterocycles. The summed E-state index contributed by atoms with van der Waals surface area (Å²) in [5.74, 6) is -0.0818. The second kappa shape index (κ2) is 7.55. The maximum absolute atomic E-state index is 12.1. The number of carbonyl (C=O) groups is 2. The Labute approximate surface area is 142 Å². The number of ether oxygens (including phenoxy) is 2. The number of likely N-dealkylation sites (tertiary alicyclic amines) is 1. The van der Waals surface area contributed by atoms with Crippen LogP contribution in [0.15, 0.2) is 24.3 Å². The van der Waals surface area contributed by atoms with E-state index in [1.165, 1.54) is 12.1 Å². The summed E-state index contributed by atoms with van der Waals surface area (Å²) in [6.07, 6.45) is 1.63. The minimum atomic E-state index is -0.957. The summed E-state index contributed by atoms with van der Waals surface area (Å²) in [6, 6.07) is 6.34. The van der Waals surface area contributed by atoms with Gasteiger partial charge in [-0.1, -0.05) is 0 Å². The molecule has 1 unspecified atom stereocenters. The molecule has 1 amide bonds. The number of piperidine rings is 1. The van der Waals surface area contributed by atoms with Gasteiger partial charge in [0, 0.05) is 19.0 Å². The third-order valence-corrected chi connectivity index (χ3v) is 3.76. The highest BCUT2D eigenvalue weighted by Crippen LogP contribution is 2.21. The van der Waals surface area contributed by atoms with Crippen LogP contribution in [0.5, 0.6) is 5.75 Å². The average Bonchev–Trinajstić information content (AvgIpc) is 2.52. The van der Waals surface area contributed by atoms with Crippen LogP contribution in [-0.4, -0.2) is 47.4 Å². The van der Waals surface area contributed by atoms with E-state index in [0.29, 0.717) is 25.4 Å². The summed E-state index contributed by atoms with van der Waals surface area (Å²) in [6.45, 7) is 7.38. The van der Waals surface area contributed by atoms with Crippen molar-refractivity contribution in [3.63, 3.8) is 0 Å². The van der Waals surface area contributed by atoms with Crippen LogP contribution in [0.25, 0.3) is 0 Å². The summed E-state index contributed by atoms with van der Waals surface area (Å²) < 4.78 is 11.2. The van der Waals surface area contributed by atoms with Gasteiger partial charge in [0.2, 0.25) is 0 Å². The van der Waals surface area contributed by atoms with Crippen molar-refractivity contribution in [1.29, 1.82) is 0 Å². The molecule has 1 fully saturated rings. The van der Waals surface area contributed by atoms with Gasteiger partial charge in [-0.2, -0.15) is 0 Å². The molecule has 1 aliphatic heterocycles. The standard InChI is InChI=1S/C18H25NO5/c1-18(2,3)24-17(22)19-10-4-5-13(11-19)12-23-15-8-6-14(7-9-15)16(20)21/h6-9,13H,4-5,10-12H2,1-3H3,(H,20,21). The van der Waals surface area contributed by atoms with Gasteiger partial charge in [0.25, 0.3) is 0 Å². The maximum Gasteiger partial charge on any atom is 0.410 e. The number of hydrogen-bond acceptors (Lipinski definition) is 4. The number of benzene rings is 1. The van der Waals surface area contributed by atoms with Gasteiger partial charge >= 0.3 is 12.1 Å². The molecular weight excluding hydrogens is 310 g/mol. The van der Waals surface area contributed by atoms with Crippen molar-refractivity contribution in [2.75, 3.05) is 19.7 Å². The van der Waals surface area contributed by atoms with Crippen molar-refractivity contribution < 1.29 is 24.2 Å². The number of aromatic carboxylic acids is 1. The first-order chi connectivity index (χ1) is 11.2.